The van der Waals surface area contributed by atoms with Crippen molar-refractivity contribution >= 4 is 15.9 Å². The second kappa shape index (κ2) is 4.86. The Bertz CT molecular complexity index is 539. The summed E-state index contributed by atoms with van der Waals surface area (Å²) in [6.07, 6.45) is 3.24. The summed E-state index contributed by atoms with van der Waals surface area (Å²) in [5, 5.41) is 7.95. The highest BCUT2D eigenvalue weighted by atomic mass is 79.9. The molecule has 1 unspecified atom stereocenters. The van der Waals surface area contributed by atoms with Gasteiger partial charge in [0, 0.05) is 22.6 Å². The summed E-state index contributed by atoms with van der Waals surface area (Å²) in [4.78, 5) is 0. The number of hydrogen-bond acceptors (Lipinski definition) is 2. The summed E-state index contributed by atoms with van der Waals surface area (Å²) in [5.41, 5.74) is 3.75. The lowest BCUT2D eigenvalue weighted by Gasteiger charge is -2.09. The molecule has 3 nitrogen and oxygen atoms in total. The van der Waals surface area contributed by atoms with Crippen molar-refractivity contribution < 1.29 is 0 Å². The first-order valence-corrected chi connectivity index (χ1v) is 7.06. The molecule has 0 bridgehead atoms. The molecule has 1 aromatic heterocycles. The average molecular weight is 306 g/mol. The third-order valence-electron chi connectivity index (χ3n) is 3.62. The molecule has 0 aliphatic carbocycles. The molecule has 1 atom stereocenters. The molecule has 1 aliphatic rings. The Morgan fingerprint density at radius 2 is 2.11 bits per heavy atom. The number of nitrogens with one attached hydrogen (secondary N) is 1. The zero-order valence-electron chi connectivity index (χ0n) is 10.4. The van der Waals surface area contributed by atoms with Gasteiger partial charge in [-0.3, -0.25) is 0 Å². The van der Waals surface area contributed by atoms with Crippen molar-refractivity contribution in [3.05, 3.63) is 46.2 Å². The minimum Gasteiger partial charge on any atom is -0.316 e. The number of rotatable bonds is 2. The van der Waals surface area contributed by atoms with Crippen molar-refractivity contribution in [2.45, 2.75) is 19.3 Å². The van der Waals surface area contributed by atoms with Crippen LogP contribution in [-0.4, -0.2) is 22.9 Å². The molecule has 3 rings (SSSR count). The first-order valence-electron chi connectivity index (χ1n) is 6.27. The zero-order valence-corrected chi connectivity index (χ0v) is 11.9. The van der Waals surface area contributed by atoms with E-state index in [1.807, 2.05) is 23.0 Å². The molecule has 1 saturated heterocycles. The molecule has 1 N–H and O–H groups in total. The van der Waals surface area contributed by atoms with Gasteiger partial charge in [0.2, 0.25) is 0 Å². The fourth-order valence-electron chi connectivity index (χ4n) is 2.59. The molecule has 4 heteroatoms. The van der Waals surface area contributed by atoms with Gasteiger partial charge in [0.1, 0.15) is 0 Å². The highest BCUT2D eigenvalue weighted by molar-refractivity contribution is 9.10. The third kappa shape index (κ3) is 2.10. The molecule has 1 fully saturated rings. The molecule has 0 saturated carbocycles. The Kier molecular flexibility index (Phi) is 3.22. The first kappa shape index (κ1) is 11.9. The van der Waals surface area contributed by atoms with E-state index < -0.39 is 0 Å². The minimum atomic E-state index is 0.620. The van der Waals surface area contributed by atoms with Crippen LogP contribution in [-0.2, 0) is 0 Å². The SMILES string of the molecule is Cc1c(C2CCNC2)cnn1-c1ccc(Br)cc1. The second-order valence-corrected chi connectivity index (χ2v) is 5.68. The van der Waals surface area contributed by atoms with Gasteiger partial charge in [-0.1, -0.05) is 15.9 Å². The summed E-state index contributed by atoms with van der Waals surface area (Å²) >= 11 is 3.46. The van der Waals surface area contributed by atoms with Gasteiger partial charge in [-0.25, -0.2) is 4.68 Å². The number of benzene rings is 1. The molecule has 2 heterocycles. The maximum absolute atomic E-state index is 4.53. The van der Waals surface area contributed by atoms with Gasteiger partial charge in [-0.15, -0.1) is 0 Å². The van der Waals surface area contributed by atoms with E-state index in [0.717, 1.165) is 23.2 Å². The molecule has 2 aromatic rings. The van der Waals surface area contributed by atoms with E-state index in [1.54, 1.807) is 0 Å². The van der Waals surface area contributed by atoms with Crippen LogP contribution >= 0.6 is 15.9 Å². The van der Waals surface area contributed by atoms with E-state index in [1.165, 1.54) is 17.7 Å². The van der Waals surface area contributed by atoms with Crippen LogP contribution in [0.1, 0.15) is 23.6 Å². The Hall–Kier alpha value is -1.13. The van der Waals surface area contributed by atoms with Crippen LogP contribution < -0.4 is 5.32 Å². The largest absolute Gasteiger partial charge is 0.316 e. The number of aromatic nitrogens is 2. The van der Waals surface area contributed by atoms with Crippen molar-refractivity contribution in [2.75, 3.05) is 13.1 Å². The standard InChI is InChI=1S/C14H16BrN3/c1-10-14(11-6-7-16-8-11)9-17-18(10)13-4-2-12(15)3-5-13/h2-5,9,11,16H,6-8H2,1H3. The van der Waals surface area contributed by atoms with Gasteiger partial charge >= 0.3 is 0 Å². The van der Waals surface area contributed by atoms with Crippen LogP contribution in [0.2, 0.25) is 0 Å². The van der Waals surface area contributed by atoms with Crippen LogP contribution in [0.3, 0.4) is 0 Å². The number of hydrogen-bond donors (Lipinski definition) is 1. The normalized spacial score (nSPS) is 19.3. The van der Waals surface area contributed by atoms with Gasteiger partial charge in [-0.2, -0.15) is 5.10 Å². The van der Waals surface area contributed by atoms with E-state index in [-0.39, 0.29) is 0 Å². The Balaban J connectivity index is 1.96. The second-order valence-electron chi connectivity index (χ2n) is 4.76. The van der Waals surface area contributed by atoms with Crippen molar-refractivity contribution in [3.63, 3.8) is 0 Å². The summed E-state index contributed by atoms with van der Waals surface area (Å²) in [7, 11) is 0. The van der Waals surface area contributed by atoms with Crippen molar-refractivity contribution in [3.8, 4) is 5.69 Å². The van der Waals surface area contributed by atoms with Crippen LogP contribution in [0.4, 0.5) is 0 Å². The Labute approximate surface area is 115 Å². The highest BCUT2D eigenvalue weighted by Crippen LogP contribution is 2.26. The molecule has 1 aromatic carbocycles. The van der Waals surface area contributed by atoms with E-state index in [9.17, 15) is 0 Å². The van der Waals surface area contributed by atoms with Gasteiger partial charge < -0.3 is 5.32 Å². The third-order valence-corrected chi connectivity index (χ3v) is 4.15. The lowest BCUT2D eigenvalue weighted by atomic mass is 9.99. The van der Waals surface area contributed by atoms with Gasteiger partial charge in [0.15, 0.2) is 0 Å². The molecule has 18 heavy (non-hydrogen) atoms. The quantitative estimate of drug-likeness (QED) is 0.924. The highest BCUT2D eigenvalue weighted by Gasteiger charge is 2.21. The summed E-state index contributed by atoms with van der Waals surface area (Å²) in [6, 6.07) is 8.27. The maximum atomic E-state index is 4.53. The Morgan fingerprint density at radius 1 is 1.33 bits per heavy atom. The van der Waals surface area contributed by atoms with Crippen LogP contribution in [0.5, 0.6) is 0 Å². The average Bonchev–Trinajstić information content (AvgIpc) is 2.99. The fourth-order valence-corrected chi connectivity index (χ4v) is 2.85. The number of halogens is 1. The molecule has 0 radical (unpaired) electrons. The van der Waals surface area contributed by atoms with E-state index in [4.69, 9.17) is 0 Å². The molecular weight excluding hydrogens is 290 g/mol. The predicted octanol–water partition coefficient (Wildman–Crippen LogP) is 3.02. The van der Waals surface area contributed by atoms with E-state index in [0.29, 0.717) is 5.92 Å². The molecule has 94 valence electrons. The van der Waals surface area contributed by atoms with Gasteiger partial charge in [-0.05, 0) is 49.7 Å². The maximum Gasteiger partial charge on any atom is 0.0649 e. The van der Waals surface area contributed by atoms with Crippen LogP contribution in [0.25, 0.3) is 5.69 Å². The first-order chi connectivity index (χ1) is 8.75. The monoisotopic (exact) mass is 305 g/mol. The smallest absolute Gasteiger partial charge is 0.0649 e. The summed E-state index contributed by atoms with van der Waals surface area (Å²) < 4.78 is 3.12. The molecule has 0 amide bonds. The fraction of sp³-hybridized carbons (Fsp3) is 0.357. The van der Waals surface area contributed by atoms with Gasteiger partial charge in [0.05, 0.1) is 11.9 Å². The van der Waals surface area contributed by atoms with Crippen molar-refractivity contribution in [1.82, 2.24) is 15.1 Å². The van der Waals surface area contributed by atoms with Crippen molar-refractivity contribution in [2.24, 2.45) is 0 Å². The van der Waals surface area contributed by atoms with E-state index in [2.05, 4.69) is 45.4 Å². The molecule has 1 aliphatic heterocycles. The van der Waals surface area contributed by atoms with E-state index >= 15 is 0 Å². The topological polar surface area (TPSA) is 29.9 Å². The lowest BCUT2D eigenvalue weighted by Crippen LogP contribution is -2.08. The minimum absolute atomic E-state index is 0.620. The summed E-state index contributed by atoms with van der Waals surface area (Å²) in [6.45, 7) is 4.35. The van der Waals surface area contributed by atoms with Crippen LogP contribution in [0.15, 0.2) is 34.9 Å². The molecule has 0 spiro atoms. The van der Waals surface area contributed by atoms with Crippen molar-refractivity contribution in [1.29, 1.82) is 0 Å². The summed E-state index contributed by atoms with van der Waals surface area (Å²) in [5.74, 6) is 0.620. The Morgan fingerprint density at radius 3 is 2.78 bits per heavy atom. The van der Waals surface area contributed by atoms with Crippen LogP contribution in [0, 0.1) is 6.92 Å². The lowest BCUT2D eigenvalue weighted by molar-refractivity contribution is 0.752. The predicted molar refractivity (Wildman–Crippen MR) is 76.2 cm³/mol. The zero-order chi connectivity index (χ0) is 12.5. The molecular formula is C14H16BrN3. The number of nitrogens with zero attached hydrogens (tertiary/aromatic N) is 2. The van der Waals surface area contributed by atoms with Gasteiger partial charge in [0.25, 0.3) is 0 Å².